The number of amides is 1. The van der Waals surface area contributed by atoms with Gasteiger partial charge in [-0.2, -0.15) is 13.2 Å². The van der Waals surface area contributed by atoms with Crippen LogP contribution in [0.25, 0.3) is 11.3 Å². The van der Waals surface area contributed by atoms with Crippen molar-refractivity contribution in [1.29, 1.82) is 0 Å². The number of benzene rings is 1. The van der Waals surface area contributed by atoms with Crippen LogP contribution in [0.5, 0.6) is 0 Å². The summed E-state index contributed by atoms with van der Waals surface area (Å²) in [7, 11) is 1.26. The van der Waals surface area contributed by atoms with E-state index in [9.17, 15) is 22.8 Å². The maximum absolute atomic E-state index is 15.8. The monoisotopic (exact) mass is 589 g/mol. The van der Waals surface area contributed by atoms with E-state index < -0.39 is 34.6 Å². The van der Waals surface area contributed by atoms with Crippen LogP contribution >= 0.6 is 0 Å². The van der Waals surface area contributed by atoms with Crippen molar-refractivity contribution in [3.05, 3.63) is 64.0 Å². The molecule has 2 saturated heterocycles. The van der Waals surface area contributed by atoms with Crippen molar-refractivity contribution in [3.63, 3.8) is 0 Å². The molecule has 14 heteroatoms. The minimum absolute atomic E-state index is 0.0264. The summed E-state index contributed by atoms with van der Waals surface area (Å²) in [6.45, 7) is 6.97. The lowest BCUT2D eigenvalue weighted by molar-refractivity contribution is -0.138. The lowest BCUT2D eigenvalue weighted by Crippen LogP contribution is -2.54. The highest BCUT2D eigenvalue weighted by atomic mass is 19.4. The zero-order chi connectivity index (χ0) is 30.2. The van der Waals surface area contributed by atoms with Gasteiger partial charge in [0, 0.05) is 69.3 Å². The number of carbonyl (C=O) groups is 1. The first-order valence-electron chi connectivity index (χ1n) is 13.5. The fourth-order valence-electron chi connectivity index (χ4n) is 5.29. The molecule has 4 heterocycles. The molecule has 0 unspecified atom stereocenters. The van der Waals surface area contributed by atoms with E-state index >= 15 is 4.39 Å². The molecule has 2 aromatic heterocycles. The summed E-state index contributed by atoms with van der Waals surface area (Å²) in [4.78, 5) is 38.0. The molecule has 2 aliphatic heterocycles. The van der Waals surface area contributed by atoms with Crippen LogP contribution in [-0.2, 0) is 18.0 Å². The lowest BCUT2D eigenvalue weighted by Gasteiger charge is -2.38. The number of aryl methyl sites for hydroxylation is 1. The predicted molar refractivity (Wildman–Crippen MR) is 149 cm³/mol. The van der Waals surface area contributed by atoms with Crippen molar-refractivity contribution in [1.82, 2.24) is 19.9 Å². The number of morpholine rings is 1. The third kappa shape index (κ3) is 6.23. The van der Waals surface area contributed by atoms with Crippen LogP contribution in [0.3, 0.4) is 0 Å². The Bertz CT molecular complexity index is 1530. The highest BCUT2D eigenvalue weighted by molar-refractivity contribution is 6.07. The summed E-state index contributed by atoms with van der Waals surface area (Å²) in [5.41, 5.74) is -2.31. The lowest BCUT2D eigenvalue weighted by atomic mass is 10.0. The average molecular weight is 590 g/mol. The third-order valence-corrected chi connectivity index (χ3v) is 7.22. The average Bonchev–Trinajstić information content (AvgIpc) is 2.94. The maximum Gasteiger partial charge on any atom is 0.417 e. The highest BCUT2D eigenvalue weighted by Gasteiger charge is 2.36. The second kappa shape index (κ2) is 11.7. The van der Waals surface area contributed by atoms with Gasteiger partial charge < -0.3 is 29.7 Å². The molecule has 10 nitrogen and oxygen atoms in total. The molecule has 0 bridgehead atoms. The summed E-state index contributed by atoms with van der Waals surface area (Å²) in [5, 5.41) is 5.95. The van der Waals surface area contributed by atoms with Crippen LogP contribution in [0.4, 0.5) is 34.9 Å². The minimum Gasteiger partial charge on any atom is -0.378 e. The summed E-state index contributed by atoms with van der Waals surface area (Å²) in [6.07, 6.45) is -2.60. The molecule has 0 radical (unpaired) electrons. The van der Waals surface area contributed by atoms with E-state index in [1.54, 1.807) is 0 Å². The molecule has 2 fully saturated rings. The number of piperazine rings is 1. The fraction of sp³-hybridized carbons (Fsp3) is 0.429. The quantitative estimate of drug-likeness (QED) is 0.437. The fourth-order valence-corrected chi connectivity index (χ4v) is 5.29. The molecule has 1 aromatic carbocycles. The molecule has 42 heavy (non-hydrogen) atoms. The van der Waals surface area contributed by atoms with Gasteiger partial charge >= 0.3 is 6.18 Å². The van der Waals surface area contributed by atoms with Gasteiger partial charge in [-0.15, -0.1) is 0 Å². The molecule has 5 rings (SSSR count). The Labute approximate surface area is 239 Å². The van der Waals surface area contributed by atoms with Gasteiger partial charge in [-0.3, -0.25) is 9.59 Å². The number of alkyl halides is 3. The van der Waals surface area contributed by atoms with E-state index in [-0.39, 0.29) is 29.0 Å². The van der Waals surface area contributed by atoms with Crippen molar-refractivity contribution < 1.29 is 27.1 Å². The van der Waals surface area contributed by atoms with E-state index in [1.165, 1.54) is 31.4 Å². The molecular formula is C28H31F4N7O3. The smallest absolute Gasteiger partial charge is 0.378 e. The number of nitrogens with one attached hydrogen (secondary N) is 2. The number of rotatable bonds is 5. The number of hydrogen-bond acceptors (Lipinski definition) is 8. The molecule has 2 atom stereocenters. The number of anilines is 3. The van der Waals surface area contributed by atoms with Crippen LogP contribution in [0, 0.1) is 5.82 Å². The standard InChI is InChI=1S/C28H31F4N7O3/c1-16-13-39(14-17(2)34-16)24-12-21(29)18(22-4-5-33-27(36-22)38-6-8-42-9-7-38)10-23(24)35-26(41)19-15-37(3)25(40)11-20(19)28(30,31)32/h4-5,10-12,15-17,34H,6-9,13-14H2,1-3H3,(H,35,41)/t16-,17+. The highest BCUT2D eigenvalue weighted by Crippen LogP contribution is 2.36. The van der Waals surface area contributed by atoms with Gasteiger partial charge in [0.1, 0.15) is 5.82 Å². The topological polar surface area (TPSA) is 105 Å². The maximum atomic E-state index is 15.8. The first-order valence-corrected chi connectivity index (χ1v) is 13.5. The number of carbonyl (C=O) groups excluding carboxylic acids is 1. The molecule has 224 valence electrons. The van der Waals surface area contributed by atoms with Gasteiger partial charge in [0.2, 0.25) is 5.95 Å². The van der Waals surface area contributed by atoms with E-state index in [1.807, 2.05) is 23.6 Å². The zero-order valence-electron chi connectivity index (χ0n) is 23.3. The van der Waals surface area contributed by atoms with E-state index in [0.717, 1.165) is 10.8 Å². The van der Waals surface area contributed by atoms with Gasteiger partial charge in [-0.1, -0.05) is 0 Å². The number of halogens is 4. The number of aromatic nitrogens is 3. The van der Waals surface area contributed by atoms with Crippen molar-refractivity contribution in [3.8, 4) is 11.3 Å². The predicted octanol–water partition coefficient (Wildman–Crippen LogP) is 3.28. The van der Waals surface area contributed by atoms with Crippen molar-refractivity contribution in [2.45, 2.75) is 32.1 Å². The van der Waals surface area contributed by atoms with Gasteiger partial charge in [-0.05, 0) is 32.0 Å². The summed E-state index contributed by atoms with van der Waals surface area (Å²) < 4.78 is 63.5. The van der Waals surface area contributed by atoms with Crippen molar-refractivity contribution >= 4 is 23.2 Å². The van der Waals surface area contributed by atoms with Gasteiger partial charge in [-0.25, -0.2) is 14.4 Å². The van der Waals surface area contributed by atoms with Crippen LogP contribution < -0.4 is 26.0 Å². The second-order valence-electron chi connectivity index (χ2n) is 10.6. The molecular weight excluding hydrogens is 558 g/mol. The van der Waals surface area contributed by atoms with E-state index in [0.29, 0.717) is 57.1 Å². The SMILES string of the molecule is C[C@@H]1CN(c2cc(F)c(-c3ccnc(N4CCOCC4)n3)cc2NC(=O)c2cn(C)c(=O)cc2C(F)(F)F)C[C@H](C)N1. The summed E-state index contributed by atoms with van der Waals surface area (Å²) >= 11 is 0. The first-order chi connectivity index (χ1) is 19.9. The molecule has 2 N–H and O–H groups in total. The van der Waals surface area contributed by atoms with Crippen molar-refractivity contribution in [2.75, 3.05) is 54.5 Å². The Balaban J connectivity index is 1.59. The largest absolute Gasteiger partial charge is 0.417 e. The Morgan fingerprint density at radius 2 is 1.79 bits per heavy atom. The third-order valence-electron chi connectivity index (χ3n) is 7.22. The van der Waals surface area contributed by atoms with Gasteiger partial charge in [0.15, 0.2) is 0 Å². The number of nitrogens with zero attached hydrogens (tertiary/aromatic N) is 5. The number of ether oxygens (including phenoxy) is 1. The Morgan fingerprint density at radius 3 is 2.45 bits per heavy atom. The second-order valence-corrected chi connectivity index (χ2v) is 10.6. The first kappa shape index (κ1) is 29.5. The van der Waals surface area contributed by atoms with E-state index in [4.69, 9.17) is 4.74 Å². The van der Waals surface area contributed by atoms with Gasteiger partial charge in [0.05, 0.1) is 41.4 Å². The van der Waals surface area contributed by atoms with E-state index in [2.05, 4.69) is 20.6 Å². The molecule has 0 spiro atoms. The Hall–Kier alpha value is -4.04. The molecule has 0 saturated carbocycles. The summed E-state index contributed by atoms with van der Waals surface area (Å²) in [5.74, 6) is -1.33. The number of pyridine rings is 1. The molecule has 1 amide bonds. The van der Waals surface area contributed by atoms with Crippen molar-refractivity contribution in [2.24, 2.45) is 7.05 Å². The number of hydrogen-bond donors (Lipinski definition) is 2. The van der Waals surface area contributed by atoms with Crippen LogP contribution in [-0.4, -0.2) is 71.9 Å². The Kier molecular flexibility index (Phi) is 8.19. The van der Waals surface area contributed by atoms with Crippen LogP contribution in [0.1, 0.15) is 29.8 Å². The van der Waals surface area contributed by atoms with Gasteiger partial charge in [0.25, 0.3) is 11.5 Å². The van der Waals surface area contributed by atoms with Crippen LogP contribution in [0.15, 0.2) is 41.5 Å². The zero-order valence-corrected chi connectivity index (χ0v) is 23.3. The summed E-state index contributed by atoms with van der Waals surface area (Å²) in [6, 6.07) is 4.60. The molecule has 2 aliphatic rings. The Morgan fingerprint density at radius 1 is 1.10 bits per heavy atom. The molecule has 3 aromatic rings. The molecule has 0 aliphatic carbocycles. The normalized spacial score (nSPS) is 19.6. The minimum atomic E-state index is -4.95. The van der Waals surface area contributed by atoms with Crippen LogP contribution in [0.2, 0.25) is 0 Å².